The molecule has 2 N–H and O–H groups in total. The molecule has 25 heavy (non-hydrogen) atoms. The van der Waals surface area contributed by atoms with Gasteiger partial charge in [0.2, 0.25) is 5.91 Å². The third kappa shape index (κ3) is 5.91. The number of hydrogen-bond acceptors (Lipinski definition) is 6. The first kappa shape index (κ1) is 19.5. The van der Waals surface area contributed by atoms with Crippen molar-refractivity contribution in [3.8, 4) is 5.69 Å². The molecule has 0 spiro atoms. The van der Waals surface area contributed by atoms with E-state index in [1.807, 2.05) is 13.8 Å². The van der Waals surface area contributed by atoms with Crippen LogP contribution in [0.4, 0.5) is 9.18 Å². The van der Waals surface area contributed by atoms with Gasteiger partial charge in [0.15, 0.2) is 8.29 Å². The van der Waals surface area contributed by atoms with Crippen molar-refractivity contribution in [2.24, 2.45) is 0 Å². The van der Waals surface area contributed by atoms with E-state index < -0.39 is 11.9 Å². The Kier molecular flexibility index (Phi) is 7.09. The van der Waals surface area contributed by atoms with Gasteiger partial charge in [-0.05, 0) is 49.8 Å². The summed E-state index contributed by atoms with van der Waals surface area (Å²) >= 11 is 7.67. The molecule has 2 aromatic rings. The molecule has 6 nitrogen and oxygen atoms in total. The zero-order chi connectivity index (χ0) is 18.4. The van der Waals surface area contributed by atoms with Gasteiger partial charge >= 0.3 is 6.03 Å². The molecule has 134 valence electrons. The zero-order valence-corrected chi connectivity index (χ0v) is 16.1. The van der Waals surface area contributed by atoms with Gasteiger partial charge in [0.05, 0.1) is 11.4 Å². The van der Waals surface area contributed by atoms with Crippen LogP contribution < -0.4 is 10.6 Å². The van der Waals surface area contributed by atoms with Crippen molar-refractivity contribution in [3.05, 3.63) is 34.0 Å². The molecule has 0 unspecified atom stereocenters. The van der Waals surface area contributed by atoms with Crippen LogP contribution in [0.1, 0.15) is 20.3 Å². The molecule has 0 saturated heterocycles. The molecular formula is C15H17FN4O2S3. The van der Waals surface area contributed by atoms with Crippen molar-refractivity contribution in [1.82, 2.24) is 20.4 Å². The van der Waals surface area contributed by atoms with Crippen LogP contribution in [-0.2, 0) is 4.79 Å². The van der Waals surface area contributed by atoms with E-state index in [9.17, 15) is 14.0 Å². The Morgan fingerprint density at radius 2 is 2.08 bits per heavy atom. The molecule has 1 atom stereocenters. The normalized spacial score (nSPS) is 11.8. The minimum atomic E-state index is -0.510. The largest absolute Gasteiger partial charge is 0.335 e. The van der Waals surface area contributed by atoms with Gasteiger partial charge in [-0.1, -0.05) is 30.0 Å². The second-order valence-corrected chi connectivity index (χ2v) is 7.99. The molecule has 0 aliphatic heterocycles. The van der Waals surface area contributed by atoms with Gasteiger partial charge < -0.3 is 5.32 Å². The van der Waals surface area contributed by atoms with Crippen molar-refractivity contribution in [2.45, 2.75) is 30.6 Å². The molecule has 0 bridgehead atoms. The Hall–Kier alpha value is -1.78. The first-order valence-corrected chi connectivity index (χ1v) is 9.69. The molecule has 0 saturated carbocycles. The summed E-state index contributed by atoms with van der Waals surface area (Å²) in [5.41, 5.74) is 0.645. The lowest BCUT2D eigenvalue weighted by Crippen LogP contribution is -2.43. The van der Waals surface area contributed by atoms with Gasteiger partial charge in [-0.25, -0.2) is 13.9 Å². The molecule has 1 aromatic heterocycles. The highest BCUT2D eigenvalue weighted by atomic mass is 32.2. The number of benzene rings is 1. The Morgan fingerprint density at radius 1 is 1.40 bits per heavy atom. The molecule has 1 heterocycles. The van der Waals surface area contributed by atoms with Crippen molar-refractivity contribution < 1.29 is 14.0 Å². The van der Waals surface area contributed by atoms with Gasteiger partial charge in [-0.3, -0.25) is 10.1 Å². The average molecular weight is 401 g/mol. The van der Waals surface area contributed by atoms with Crippen molar-refractivity contribution in [1.29, 1.82) is 0 Å². The molecule has 0 aliphatic rings. The first-order valence-electron chi connectivity index (χ1n) is 7.48. The van der Waals surface area contributed by atoms with Gasteiger partial charge in [0, 0.05) is 6.04 Å². The summed E-state index contributed by atoms with van der Waals surface area (Å²) < 4.78 is 15.6. The first-order chi connectivity index (χ1) is 11.9. The Balaban J connectivity index is 1.92. The van der Waals surface area contributed by atoms with E-state index in [0.717, 1.165) is 6.42 Å². The number of hydrogen-bond donors (Lipinski definition) is 2. The molecule has 3 amide bonds. The lowest BCUT2D eigenvalue weighted by molar-refractivity contribution is -0.117. The minimum absolute atomic E-state index is 0.00291. The number of aromatic nitrogens is 2. The fourth-order valence-corrected chi connectivity index (χ4v) is 3.88. The van der Waals surface area contributed by atoms with Gasteiger partial charge in [-0.15, -0.1) is 5.10 Å². The maximum atomic E-state index is 13.0. The fourth-order valence-electron chi connectivity index (χ4n) is 1.72. The van der Waals surface area contributed by atoms with Gasteiger partial charge in [0.1, 0.15) is 5.82 Å². The number of amides is 3. The van der Waals surface area contributed by atoms with E-state index in [1.165, 1.54) is 39.9 Å². The highest BCUT2D eigenvalue weighted by Crippen LogP contribution is 2.23. The van der Waals surface area contributed by atoms with Crippen LogP contribution in [0.25, 0.3) is 5.69 Å². The maximum Gasteiger partial charge on any atom is 0.321 e. The lowest BCUT2D eigenvalue weighted by Gasteiger charge is -2.11. The molecule has 0 radical (unpaired) electrons. The van der Waals surface area contributed by atoms with Gasteiger partial charge in [-0.2, -0.15) is 0 Å². The summed E-state index contributed by atoms with van der Waals surface area (Å²) in [6.07, 6.45) is 0.778. The fraction of sp³-hybridized carbons (Fsp3) is 0.333. The summed E-state index contributed by atoms with van der Waals surface area (Å²) in [5, 5.41) is 9.23. The highest BCUT2D eigenvalue weighted by Gasteiger charge is 2.12. The SMILES string of the molecule is CC[C@@H](C)NC(=O)NC(=O)CSc1nn(-c2ccc(F)cc2)c(=S)s1. The van der Waals surface area contributed by atoms with E-state index in [1.54, 1.807) is 12.1 Å². The maximum absolute atomic E-state index is 13.0. The summed E-state index contributed by atoms with van der Waals surface area (Å²) in [4.78, 5) is 23.4. The Labute approximate surface area is 157 Å². The number of imide groups is 1. The van der Waals surface area contributed by atoms with Crippen molar-refractivity contribution in [2.75, 3.05) is 5.75 Å². The van der Waals surface area contributed by atoms with Crippen LogP contribution in [0.5, 0.6) is 0 Å². The predicted molar refractivity (Wildman–Crippen MR) is 99.4 cm³/mol. The lowest BCUT2D eigenvalue weighted by atomic mass is 10.3. The van der Waals surface area contributed by atoms with E-state index in [-0.39, 0.29) is 17.6 Å². The second-order valence-electron chi connectivity index (χ2n) is 5.14. The Morgan fingerprint density at radius 3 is 2.72 bits per heavy atom. The molecule has 0 aliphatic carbocycles. The predicted octanol–water partition coefficient (Wildman–Crippen LogP) is 3.52. The summed E-state index contributed by atoms with van der Waals surface area (Å²) in [5.74, 6) is -0.715. The number of carbonyl (C=O) groups excluding carboxylic acids is 2. The van der Waals surface area contributed by atoms with Crippen molar-refractivity contribution in [3.63, 3.8) is 0 Å². The van der Waals surface area contributed by atoms with E-state index in [0.29, 0.717) is 14.0 Å². The number of urea groups is 1. The molecule has 0 fully saturated rings. The van der Waals surface area contributed by atoms with Crippen LogP contribution >= 0.6 is 35.3 Å². The number of nitrogens with one attached hydrogen (secondary N) is 2. The third-order valence-electron chi connectivity index (χ3n) is 3.17. The number of halogens is 1. The zero-order valence-electron chi connectivity index (χ0n) is 13.6. The Bertz CT molecular complexity index is 804. The average Bonchev–Trinajstić information content (AvgIpc) is 2.94. The minimum Gasteiger partial charge on any atom is -0.335 e. The van der Waals surface area contributed by atoms with Crippen LogP contribution in [-0.4, -0.2) is 33.5 Å². The van der Waals surface area contributed by atoms with Crippen LogP contribution in [0.3, 0.4) is 0 Å². The van der Waals surface area contributed by atoms with Crippen LogP contribution in [0.15, 0.2) is 28.6 Å². The van der Waals surface area contributed by atoms with E-state index in [2.05, 4.69) is 15.7 Å². The van der Waals surface area contributed by atoms with Crippen molar-refractivity contribution >= 4 is 47.3 Å². The number of nitrogens with zero attached hydrogens (tertiary/aromatic N) is 2. The summed E-state index contributed by atoms with van der Waals surface area (Å²) in [6.45, 7) is 3.79. The quantitative estimate of drug-likeness (QED) is 0.573. The molecule has 10 heteroatoms. The van der Waals surface area contributed by atoms with E-state index >= 15 is 0 Å². The highest BCUT2D eigenvalue weighted by molar-refractivity contribution is 8.01. The number of carbonyl (C=O) groups is 2. The van der Waals surface area contributed by atoms with Gasteiger partial charge in [0.25, 0.3) is 0 Å². The van der Waals surface area contributed by atoms with Crippen LogP contribution in [0.2, 0.25) is 0 Å². The van der Waals surface area contributed by atoms with E-state index in [4.69, 9.17) is 12.2 Å². The molecular weight excluding hydrogens is 383 g/mol. The smallest absolute Gasteiger partial charge is 0.321 e. The summed E-state index contributed by atoms with van der Waals surface area (Å²) in [7, 11) is 0. The number of rotatable bonds is 6. The molecule has 1 aromatic carbocycles. The number of thioether (sulfide) groups is 1. The monoisotopic (exact) mass is 400 g/mol. The third-order valence-corrected chi connectivity index (χ3v) is 5.54. The second kappa shape index (κ2) is 9.07. The summed E-state index contributed by atoms with van der Waals surface area (Å²) in [6, 6.07) is 5.29. The molecule has 2 rings (SSSR count). The van der Waals surface area contributed by atoms with Crippen LogP contribution in [0, 0.1) is 9.77 Å². The standard InChI is InChI=1S/C15H17FN4O2S3/c1-3-9(2)17-13(22)18-12(21)8-24-14-19-20(15(23)25-14)11-6-4-10(16)5-7-11/h4-7,9H,3,8H2,1-2H3,(H2,17,18,21,22)/t9-/m1/s1. The topological polar surface area (TPSA) is 76.0 Å².